The summed E-state index contributed by atoms with van der Waals surface area (Å²) in [7, 11) is 0. The largest absolute Gasteiger partial charge is 0.457 e. The first-order chi connectivity index (χ1) is 14.3. The van der Waals surface area contributed by atoms with Gasteiger partial charge >= 0.3 is 0 Å². The maximum Gasteiger partial charge on any atom is 0.208 e. The van der Waals surface area contributed by atoms with Crippen molar-refractivity contribution in [2.45, 2.75) is 25.7 Å². The van der Waals surface area contributed by atoms with E-state index in [2.05, 4.69) is 34.5 Å². The summed E-state index contributed by atoms with van der Waals surface area (Å²) in [4.78, 5) is 0. The normalized spacial score (nSPS) is 15.7. The zero-order valence-electron chi connectivity index (χ0n) is 16.4. The second kappa shape index (κ2) is 9.93. The third-order valence-electron chi connectivity index (χ3n) is 4.69. The van der Waals surface area contributed by atoms with Crippen molar-refractivity contribution >= 4 is 11.8 Å². The van der Waals surface area contributed by atoms with Gasteiger partial charge in [0, 0.05) is 12.8 Å². The Morgan fingerprint density at radius 1 is 0.655 bits per heavy atom. The van der Waals surface area contributed by atoms with Gasteiger partial charge < -0.3 is 14.2 Å². The molecular formula is C22H26N4O3. The Hall–Kier alpha value is -3.06. The zero-order chi connectivity index (χ0) is 19.7. The van der Waals surface area contributed by atoms with E-state index in [1.807, 2.05) is 36.4 Å². The average Bonchev–Trinajstić information content (AvgIpc) is 3.42. The standard InChI is InChI=1S/C22H26N4O3/c1-3-7-19(8-4-1)11-13-21-23-25(17-28-21)15-27-16-26-18-29-22(24-26)14-12-20-9-5-2-6-10-20/h1-10H,11-18H2. The molecule has 0 aliphatic carbocycles. The number of nitrogens with zero attached hydrogens (tertiary/aromatic N) is 4. The van der Waals surface area contributed by atoms with Crippen LogP contribution in [-0.4, -0.2) is 48.7 Å². The lowest BCUT2D eigenvalue weighted by Crippen LogP contribution is -2.25. The minimum absolute atomic E-state index is 0.361. The lowest BCUT2D eigenvalue weighted by Gasteiger charge is -2.15. The second-order valence-corrected chi connectivity index (χ2v) is 6.98. The first kappa shape index (κ1) is 19.3. The Kier molecular flexibility index (Phi) is 6.60. The average molecular weight is 394 g/mol. The van der Waals surface area contributed by atoms with Crippen LogP contribution >= 0.6 is 0 Å². The fourth-order valence-electron chi connectivity index (χ4n) is 3.15. The predicted molar refractivity (Wildman–Crippen MR) is 111 cm³/mol. The van der Waals surface area contributed by atoms with Crippen molar-refractivity contribution < 1.29 is 14.2 Å². The van der Waals surface area contributed by atoms with Crippen LogP contribution in [0.25, 0.3) is 0 Å². The van der Waals surface area contributed by atoms with Gasteiger partial charge in [-0.25, -0.2) is 10.0 Å². The van der Waals surface area contributed by atoms with Crippen LogP contribution in [0.4, 0.5) is 0 Å². The third-order valence-corrected chi connectivity index (χ3v) is 4.69. The van der Waals surface area contributed by atoms with Crippen molar-refractivity contribution in [3.63, 3.8) is 0 Å². The molecule has 0 aromatic heterocycles. The van der Waals surface area contributed by atoms with Gasteiger partial charge in [-0.15, -0.1) is 10.2 Å². The Balaban J connectivity index is 1.13. The molecule has 7 heteroatoms. The van der Waals surface area contributed by atoms with Crippen molar-refractivity contribution in [1.29, 1.82) is 0 Å². The lowest BCUT2D eigenvalue weighted by molar-refractivity contribution is -0.0503. The van der Waals surface area contributed by atoms with Crippen LogP contribution in [0.1, 0.15) is 24.0 Å². The molecule has 2 aromatic rings. The molecule has 7 nitrogen and oxygen atoms in total. The summed E-state index contributed by atoms with van der Waals surface area (Å²) >= 11 is 0. The van der Waals surface area contributed by atoms with Gasteiger partial charge in [-0.05, 0) is 24.0 Å². The van der Waals surface area contributed by atoms with Gasteiger partial charge in [0.05, 0.1) is 0 Å². The molecule has 0 atom stereocenters. The number of hydrogen-bond donors (Lipinski definition) is 0. The summed E-state index contributed by atoms with van der Waals surface area (Å²) in [5.41, 5.74) is 2.56. The summed E-state index contributed by atoms with van der Waals surface area (Å²) in [5.74, 6) is 1.51. The van der Waals surface area contributed by atoms with Gasteiger partial charge in [0.15, 0.2) is 13.5 Å². The van der Waals surface area contributed by atoms with Gasteiger partial charge in [-0.1, -0.05) is 60.7 Å². The first-order valence-electron chi connectivity index (χ1n) is 9.91. The van der Waals surface area contributed by atoms with Crippen molar-refractivity contribution in [3.05, 3.63) is 71.8 Å². The molecule has 0 N–H and O–H groups in total. The van der Waals surface area contributed by atoms with E-state index in [-0.39, 0.29) is 0 Å². The Labute approximate surface area is 171 Å². The molecule has 0 amide bonds. The molecule has 0 saturated heterocycles. The van der Waals surface area contributed by atoms with E-state index in [0.717, 1.165) is 37.5 Å². The number of hydrogen-bond acceptors (Lipinski definition) is 7. The SMILES string of the molecule is c1ccc(CCC2=NN(COCN3COC(CCc4ccccc4)=N3)CO2)cc1. The molecule has 2 aliphatic rings. The molecule has 2 aromatic carbocycles. The molecule has 2 aliphatic heterocycles. The summed E-state index contributed by atoms with van der Waals surface area (Å²) in [6.07, 6.45) is 3.41. The fraction of sp³-hybridized carbons (Fsp3) is 0.364. The van der Waals surface area contributed by atoms with E-state index in [9.17, 15) is 0 Å². The highest BCUT2D eigenvalue weighted by molar-refractivity contribution is 5.77. The molecular weight excluding hydrogens is 368 g/mol. The van der Waals surface area contributed by atoms with Crippen LogP contribution in [0.3, 0.4) is 0 Å². The zero-order valence-corrected chi connectivity index (χ0v) is 16.4. The lowest BCUT2D eigenvalue weighted by atomic mass is 10.1. The van der Waals surface area contributed by atoms with E-state index in [4.69, 9.17) is 14.2 Å². The van der Waals surface area contributed by atoms with Crippen LogP contribution in [0, 0.1) is 0 Å². The van der Waals surface area contributed by atoms with Crippen LogP contribution in [0.2, 0.25) is 0 Å². The molecule has 0 saturated carbocycles. The number of hydrazone groups is 2. The molecule has 0 radical (unpaired) electrons. The monoisotopic (exact) mass is 394 g/mol. The molecule has 0 fully saturated rings. The Morgan fingerprint density at radius 3 is 1.55 bits per heavy atom. The van der Waals surface area contributed by atoms with Crippen LogP contribution in [-0.2, 0) is 27.1 Å². The maximum atomic E-state index is 5.70. The second-order valence-electron chi connectivity index (χ2n) is 6.98. The van der Waals surface area contributed by atoms with Gasteiger partial charge in [0.2, 0.25) is 11.8 Å². The quantitative estimate of drug-likeness (QED) is 0.618. The summed E-state index contributed by atoms with van der Waals surface area (Å²) < 4.78 is 17.0. The highest BCUT2D eigenvalue weighted by atomic mass is 16.6. The minimum atomic E-state index is 0.361. The molecule has 0 unspecified atom stereocenters. The van der Waals surface area contributed by atoms with Crippen molar-refractivity contribution in [2.75, 3.05) is 26.9 Å². The molecule has 4 rings (SSSR count). The summed E-state index contributed by atoms with van der Waals surface area (Å²) in [6.45, 7) is 1.57. The van der Waals surface area contributed by atoms with Crippen LogP contribution in [0.5, 0.6) is 0 Å². The van der Waals surface area contributed by atoms with Crippen molar-refractivity contribution in [1.82, 2.24) is 10.0 Å². The van der Waals surface area contributed by atoms with E-state index in [1.54, 1.807) is 10.0 Å². The van der Waals surface area contributed by atoms with Gasteiger partial charge in [0.1, 0.15) is 13.5 Å². The minimum Gasteiger partial charge on any atom is -0.457 e. The number of ether oxygens (including phenoxy) is 3. The number of benzene rings is 2. The van der Waals surface area contributed by atoms with Crippen LogP contribution in [0.15, 0.2) is 70.9 Å². The highest BCUT2D eigenvalue weighted by Crippen LogP contribution is 2.12. The van der Waals surface area contributed by atoms with Gasteiger partial charge in [0.25, 0.3) is 0 Å². The molecule has 2 heterocycles. The third kappa shape index (κ3) is 5.96. The smallest absolute Gasteiger partial charge is 0.208 e. The van der Waals surface area contributed by atoms with Crippen molar-refractivity contribution in [2.24, 2.45) is 10.2 Å². The summed E-state index contributed by atoms with van der Waals surface area (Å²) in [5, 5.41) is 12.5. The Bertz CT molecular complexity index is 757. The molecule has 0 spiro atoms. The molecule has 152 valence electrons. The van der Waals surface area contributed by atoms with E-state index in [1.165, 1.54) is 11.1 Å². The van der Waals surface area contributed by atoms with E-state index in [0.29, 0.717) is 26.9 Å². The van der Waals surface area contributed by atoms with Crippen LogP contribution < -0.4 is 0 Å². The Morgan fingerprint density at radius 2 is 1.10 bits per heavy atom. The molecule has 29 heavy (non-hydrogen) atoms. The number of rotatable bonds is 10. The molecule has 0 bridgehead atoms. The first-order valence-corrected chi connectivity index (χ1v) is 9.91. The van der Waals surface area contributed by atoms with Crippen molar-refractivity contribution in [3.8, 4) is 0 Å². The predicted octanol–water partition coefficient (Wildman–Crippen LogP) is 3.39. The topological polar surface area (TPSA) is 58.9 Å². The van der Waals surface area contributed by atoms with E-state index >= 15 is 0 Å². The number of aryl methyl sites for hydroxylation is 2. The highest BCUT2D eigenvalue weighted by Gasteiger charge is 2.18. The fourth-order valence-corrected chi connectivity index (χ4v) is 3.15. The maximum absolute atomic E-state index is 5.70. The van der Waals surface area contributed by atoms with E-state index < -0.39 is 0 Å². The van der Waals surface area contributed by atoms with Gasteiger partial charge in [-0.2, -0.15) is 0 Å². The summed E-state index contributed by atoms with van der Waals surface area (Å²) in [6, 6.07) is 20.7. The van der Waals surface area contributed by atoms with Gasteiger partial charge in [-0.3, -0.25) is 0 Å².